The van der Waals surface area contributed by atoms with Crippen LogP contribution < -0.4 is 14.9 Å². The molecule has 10 heteroatoms. The molecule has 1 amide bonds. The van der Waals surface area contributed by atoms with Crippen molar-refractivity contribution in [3.63, 3.8) is 0 Å². The second kappa shape index (κ2) is 9.75. The van der Waals surface area contributed by atoms with E-state index in [1.54, 1.807) is 36.4 Å². The molecule has 3 aromatic carbocycles. The van der Waals surface area contributed by atoms with Gasteiger partial charge in [0.1, 0.15) is 5.75 Å². The van der Waals surface area contributed by atoms with Crippen LogP contribution in [0, 0.1) is 0 Å². The van der Waals surface area contributed by atoms with E-state index in [-0.39, 0.29) is 16.0 Å². The number of hydrogen-bond donors (Lipinski definition) is 3. The number of sulfonamides is 1. The number of nitrogens with one attached hydrogen (secondary N) is 2. The smallest absolute Gasteiger partial charge is 0.336 e. The predicted octanol–water partition coefficient (Wildman–Crippen LogP) is 2.96. The van der Waals surface area contributed by atoms with Crippen molar-refractivity contribution in [1.82, 2.24) is 5.43 Å². The number of ether oxygens (including phenoxy) is 1. The van der Waals surface area contributed by atoms with Crippen LogP contribution in [0.2, 0.25) is 0 Å². The summed E-state index contributed by atoms with van der Waals surface area (Å²) in [5.74, 6) is -1.20. The number of carbonyl (C=O) groups excluding carboxylic acids is 1. The van der Waals surface area contributed by atoms with Gasteiger partial charge >= 0.3 is 5.97 Å². The largest absolute Gasteiger partial charge is 0.497 e. The Morgan fingerprint density at radius 2 is 1.72 bits per heavy atom. The Hall–Kier alpha value is -4.18. The van der Waals surface area contributed by atoms with Gasteiger partial charge in [0.15, 0.2) is 0 Å². The molecule has 0 radical (unpaired) electrons. The van der Waals surface area contributed by atoms with Crippen LogP contribution in [0.3, 0.4) is 0 Å². The van der Waals surface area contributed by atoms with Crippen molar-refractivity contribution in [3.8, 4) is 5.75 Å². The lowest BCUT2D eigenvalue weighted by Gasteiger charge is -2.10. The number of benzene rings is 3. The van der Waals surface area contributed by atoms with Crippen LogP contribution in [0.4, 0.5) is 5.69 Å². The minimum absolute atomic E-state index is 0.0307. The number of amides is 1. The molecule has 3 N–H and O–H groups in total. The third-order valence-electron chi connectivity index (χ3n) is 4.31. The number of carboxylic acid groups (broad SMARTS) is 1. The zero-order chi connectivity index (χ0) is 23.1. The van der Waals surface area contributed by atoms with Crippen LogP contribution in [0.1, 0.15) is 26.3 Å². The van der Waals surface area contributed by atoms with Gasteiger partial charge in [-0.15, -0.1) is 0 Å². The Morgan fingerprint density at radius 1 is 1.00 bits per heavy atom. The zero-order valence-electron chi connectivity index (χ0n) is 16.8. The lowest BCUT2D eigenvalue weighted by molar-refractivity contribution is 0.0696. The molecule has 0 bridgehead atoms. The Kier molecular flexibility index (Phi) is 6.86. The van der Waals surface area contributed by atoms with Gasteiger partial charge in [-0.05, 0) is 48.5 Å². The number of anilines is 1. The molecule has 0 unspecified atom stereocenters. The zero-order valence-corrected chi connectivity index (χ0v) is 17.7. The molecule has 0 heterocycles. The average Bonchev–Trinajstić information content (AvgIpc) is 2.79. The van der Waals surface area contributed by atoms with Gasteiger partial charge in [0.25, 0.3) is 15.9 Å². The number of methoxy groups -OCH3 is 1. The van der Waals surface area contributed by atoms with Crippen LogP contribution >= 0.6 is 0 Å². The van der Waals surface area contributed by atoms with E-state index in [4.69, 9.17) is 4.74 Å². The standard InChI is InChI=1S/C22H19N3O6S/c1-31-18-11-9-17(10-12-18)25-32(29,30)19-7-4-6-15(13-19)21(26)24-23-14-16-5-2-3-8-20(16)22(27)28/h2-14,25H,1H3,(H,24,26)(H,27,28)/b23-14+. The summed E-state index contributed by atoms with van der Waals surface area (Å²) in [7, 11) is -2.44. The quantitative estimate of drug-likeness (QED) is 0.355. The van der Waals surface area contributed by atoms with Crippen molar-refractivity contribution < 1.29 is 27.9 Å². The highest BCUT2D eigenvalue weighted by Gasteiger charge is 2.16. The van der Waals surface area contributed by atoms with E-state index in [2.05, 4.69) is 15.2 Å². The van der Waals surface area contributed by atoms with Crippen LogP contribution in [0.15, 0.2) is 82.8 Å². The van der Waals surface area contributed by atoms with E-state index in [1.807, 2.05) is 0 Å². The van der Waals surface area contributed by atoms with Gasteiger partial charge in [0, 0.05) is 16.8 Å². The fourth-order valence-corrected chi connectivity index (χ4v) is 3.81. The maximum atomic E-state index is 12.7. The normalized spacial score (nSPS) is 11.2. The topological polar surface area (TPSA) is 134 Å². The average molecular weight is 453 g/mol. The molecule has 0 aromatic heterocycles. The van der Waals surface area contributed by atoms with E-state index in [0.29, 0.717) is 17.0 Å². The van der Waals surface area contributed by atoms with Crippen LogP contribution in [0.5, 0.6) is 5.75 Å². The second-order valence-corrected chi connectivity index (χ2v) is 8.14. The van der Waals surface area contributed by atoms with Crippen LogP contribution in [-0.4, -0.2) is 38.7 Å². The highest BCUT2D eigenvalue weighted by Crippen LogP contribution is 2.20. The second-order valence-electron chi connectivity index (χ2n) is 6.45. The first kappa shape index (κ1) is 22.5. The van der Waals surface area contributed by atoms with Crippen molar-refractivity contribution >= 4 is 33.8 Å². The maximum Gasteiger partial charge on any atom is 0.336 e. The molecule has 0 atom stereocenters. The fraction of sp³-hybridized carbons (Fsp3) is 0.0455. The number of rotatable bonds is 8. The van der Waals surface area contributed by atoms with Gasteiger partial charge in [-0.1, -0.05) is 24.3 Å². The van der Waals surface area contributed by atoms with Crippen LogP contribution in [-0.2, 0) is 10.0 Å². The molecule has 164 valence electrons. The summed E-state index contributed by atoms with van der Waals surface area (Å²) in [5, 5.41) is 12.9. The molecule has 32 heavy (non-hydrogen) atoms. The van der Waals surface area contributed by atoms with Gasteiger partial charge in [0.2, 0.25) is 0 Å². The van der Waals surface area contributed by atoms with Crippen LogP contribution in [0.25, 0.3) is 0 Å². The number of hydrogen-bond acceptors (Lipinski definition) is 6. The number of carbonyl (C=O) groups is 2. The minimum atomic E-state index is -3.94. The van der Waals surface area contributed by atoms with E-state index >= 15 is 0 Å². The number of carboxylic acids is 1. The minimum Gasteiger partial charge on any atom is -0.497 e. The Bertz CT molecular complexity index is 1270. The van der Waals surface area contributed by atoms with Crippen molar-refractivity contribution in [2.75, 3.05) is 11.8 Å². The molecule has 0 saturated heterocycles. The molecular weight excluding hydrogens is 434 g/mol. The lowest BCUT2D eigenvalue weighted by Crippen LogP contribution is -2.19. The summed E-state index contributed by atoms with van der Waals surface area (Å²) in [6.07, 6.45) is 1.20. The molecule has 0 spiro atoms. The van der Waals surface area contributed by atoms with Crippen molar-refractivity contribution in [1.29, 1.82) is 0 Å². The number of aromatic carboxylic acids is 1. The first-order valence-corrected chi connectivity index (χ1v) is 10.7. The summed E-state index contributed by atoms with van der Waals surface area (Å²) in [6.45, 7) is 0. The summed E-state index contributed by atoms with van der Waals surface area (Å²) in [6, 6.07) is 17.9. The van der Waals surface area contributed by atoms with Crippen molar-refractivity contribution in [2.45, 2.75) is 4.90 Å². The molecule has 3 rings (SSSR count). The summed E-state index contributed by atoms with van der Waals surface area (Å²) in [5.41, 5.74) is 3.00. The van der Waals surface area contributed by atoms with Gasteiger partial charge in [-0.3, -0.25) is 9.52 Å². The van der Waals surface area contributed by atoms with E-state index in [0.717, 1.165) is 0 Å². The van der Waals surface area contributed by atoms with Crippen molar-refractivity contribution in [2.24, 2.45) is 5.10 Å². The Balaban J connectivity index is 1.73. The molecule has 0 fully saturated rings. The van der Waals surface area contributed by atoms with E-state index in [9.17, 15) is 23.1 Å². The summed E-state index contributed by atoms with van der Waals surface area (Å²) in [4.78, 5) is 23.5. The Morgan fingerprint density at radius 3 is 2.41 bits per heavy atom. The first-order chi connectivity index (χ1) is 15.3. The highest BCUT2D eigenvalue weighted by atomic mass is 32.2. The molecule has 0 aliphatic heterocycles. The van der Waals surface area contributed by atoms with Gasteiger partial charge in [-0.2, -0.15) is 5.10 Å². The van der Waals surface area contributed by atoms with Gasteiger partial charge < -0.3 is 9.84 Å². The molecule has 3 aromatic rings. The summed E-state index contributed by atoms with van der Waals surface area (Å²) >= 11 is 0. The highest BCUT2D eigenvalue weighted by molar-refractivity contribution is 7.92. The monoisotopic (exact) mass is 453 g/mol. The maximum absolute atomic E-state index is 12.7. The third-order valence-corrected chi connectivity index (χ3v) is 5.69. The van der Waals surface area contributed by atoms with Crippen molar-refractivity contribution in [3.05, 3.63) is 89.5 Å². The first-order valence-electron chi connectivity index (χ1n) is 9.23. The predicted molar refractivity (Wildman–Crippen MR) is 119 cm³/mol. The lowest BCUT2D eigenvalue weighted by atomic mass is 10.1. The van der Waals surface area contributed by atoms with E-state index < -0.39 is 21.9 Å². The molecule has 9 nitrogen and oxygen atoms in total. The molecule has 0 aliphatic rings. The molecule has 0 aliphatic carbocycles. The summed E-state index contributed by atoms with van der Waals surface area (Å²) < 4.78 is 32.8. The fourth-order valence-electron chi connectivity index (χ4n) is 2.71. The Labute approximate surface area is 184 Å². The molecular formula is C22H19N3O6S. The van der Waals surface area contributed by atoms with Gasteiger partial charge in [-0.25, -0.2) is 18.6 Å². The van der Waals surface area contributed by atoms with Gasteiger partial charge in [0.05, 0.1) is 23.8 Å². The SMILES string of the molecule is COc1ccc(NS(=O)(=O)c2cccc(C(=O)N/N=C/c3ccccc3C(=O)O)c2)cc1. The number of nitrogens with zero attached hydrogens (tertiary/aromatic N) is 1. The molecule has 0 saturated carbocycles. The van der Waals surface area contributed by atoms with E-state index in [1.165, 1.54) is 49.7 Å². The third kappa shape index (κ3) is 5.49. The number of hydrazone groups is 1.